The van der Waals surface area contributed by atoms with Gasteiger partial charge in [0, 0.05) is 29.9 Å². The van der Waals surface area contributed by atoms with Crippen LogP contribution in [0.15, 0.2) is 18.2 Å². The molecule has 6 heteroatoms. The van der Waals surface area contributed by atoms with Gasteiger partial charge in [-0.1, -0.05) is 17.7 Å². The van der Waals surface area contributed by atoms with Gasteiger partial charge in [0.25, 0.3) is 0 Å². The molecule has 136 valence electrons. The summed E-state index contributed by atoms with van der Waals surface area (Å²) < 4.78 is 7.35. The van der Waals surface area contributed by atoms with Crippen LogP contribution in [0.3, 0.4) is 0 Å². The molecule has 1 atom stereocenters. The maximum atomic E-state index is 12.3. The van der Waals surface area contributed by atoms with Crippen LogP contribution in [0.5, 0.6) is 5.75 Å². The highest BCUT2D eigenvalue weighted by Gasteiger charge is 2.16. The first-order valence-corrected chi connectivity index (χ1v) is 8.59. The lowest BCUT2D eigenvalue weighted by Crippen LogP contribution is -2.37. The zero-order valence-corrected chi connectivity index (χ0v) is 15.9. The molecule has 0 fully saturated rings. The third-order valence-electron chi connectivity index (χ3n) is 4.46. The molecule has 0 saturated heterocycles. The lowest BCUT2D eigenvalue weighted by molar-refractivity contribution is 0.237. The monoisotopic (exact) mass is 344 g/mol. The highest BCUT2D eigenvalue weighted by Crippen LogP contribution is 2.26. The van der Waals surface area contributed by atoms with Gasteiger partial charge in [0.1, 0.15) is 5.75 Å². The molecule has 2 amide bonds. The van der Waals surface area contributed by atoms with E-state index >= 15 is 0 Å². The second-order valence-corrected chi connectivity index (χ2v) is 6.26. The number of carbonyl (C=O) groups is 1. The summed E-state index contributed by atoms with van der Waals surface area (Å²) in [4.78, 5) is 12.3. The van der Waals surface area contributed by atoms with Crippen LogP contribution in [-0.4, -0.2) is 22.9 Å². The largest absolute Gasteiger partial charge is 0.496 e. The summed E-state index contributed by atoms with van der Waals surface area (Å²) in [6.07, 6.45) is 0. The van der Waals surface area contributed by atoms with Crippen molar-refractivity contribution in [1.29, 1.82) is 0 Å². The van der Waals surface area contributed by atoms with Crippen LogP contribution in [0.25, 0.3) is 0 Å². The van der Waals surface area contributed by atoms with Crippen molar-refractivity contribution in [3.63, 3.8) is 0 Å². The minimum absolute atomic E-state index is 0.157. The highest BCUT2D eigenvalue weighted by atomic mass is 16.5. The predicted molar refractivity (Wildman–Crippen MR) is 98.9 cm³/mol. The number of amides is 2. The molecule has 0 unspecified atom stereocenters. The molecule has 0 saturated carbocycles. The molecule has 1 heterocycles. The molecule has 2 rings (SSSR count). The summed E-state index contributed by atoms with van der Waals surface area (Å²) in [5, 5.41) is 10.4. The van der Waals surface area contributed by atoms with Gasteiger partial charge < -0.3 is 15.4 Å². The van der Waals surface area contributed by atoms with Crippen molar-refractivity contribution in [2.75, 3.05) is 7.11 Å². The average Bonchev–Trinajstić information content (AvgIpc) is 2.86. The van der Waals surface area contributed by atoms with E-state index in [1.807, 2.05) is 50.6 Å². The van der Waals surface area contributed by atoms with Crippen LogP contribution in [0, 0.1) is 20.8 Å². The van der Waals surface area contributed by atoms with Crippen molar-refractivity contribution in [2.45, 2.75) is 53.8 Å². The fourth-order valence-electron chi connectivity index (χ4n) is 2.98. The van der Waals surface area contributed by atoms with Crippen molar-refractivity contribution < 1.29 is 9.53 Å². The maximum Gasteiger partial charge on any atom is 0.315 e. The number of urea groups is 1. The van der Waals surface area contributed by atoms with Crippen molar-refractivity contribution in [2.24, 2.45) is 0 Å². The molecule has 0 radical (unpaired) electrons. The summed E-state index contributed by atoms with van der Waals surface area (Å²) in [5.74, 6) is 0.773. The van der Waals surface area contributed by atoms with Crippen LogP contribution in [0.2, 0.25) is 0 Å². The van der Waals surface area contributed by atoms with Gasteiger partial charge in [0.2, 0.25) is 0 Å². The van der Waals surface area contributed by atoms with E-state index in [0.29, 0.717) is 6.54 Å². The van der Waals surface area contributed by atoms with E-state index in [-0.39, 0.29) is 12.1 Å². The normalized spacial score (nSPS) is 11.9. The molecule has 0 spiro atoms. The minimum Gasteiger partial charge on any atom is -0.496 e. The van der Waals surface area contributed by atoms with E-state index in [2.05, 4.69) is 22.7 Å². The van der Waals surface area contributed by atoms with Gasteiger partial charge in [-0.3, -0.25) is 4.68 Å². The SMILES string of the molecule is CCn1nc(C)c(CNC(=O)N[C@H](C)c2cc(C)ccc2OC)c1C. The molecule has 0 aliphatic heterocycles. The number of hydrogen-bond donors (Lipinski definition) is 2. The lowest BCUT2D eigenvalue weighted by Gasteiger charge is -2.18. The summed E-state index contributed by atoms with van der Waals surface area (Å²) in [6.45, 7) is 11.3. The number of nitrogens with zero attached hydrogens (tertiary/aromatic N) is 2. The first kappa shape index (κ1) is 18.8. The third kappa shape index (κ3) is 4.32. The smallest absolute Gasteiger partial charge is 0.315 e. The molecule has 0 bridgehead atoms. The Kier molecular flexibility index (Phi) is 6.07. The number of hydrogen-bond acceptors (Lipinski definition) is 3. The number of aromatic nitrogens is 2. The van der Waals surface area contributed by atoms with Crippen molar-refractivity contribution in [1.82, 2.24) is 20.4 Å². The van der Waals surface area contributed by atoms with E-state index in [1.165, 1.54) is 0 Å². The molecule has 0 aliphatic carbocycles. The maximum absolute atomic E-state index is 12.3. The number of aryl methyl sites for hydroxylation is 3. The standard InChI is InChI=1S/C19H28N4O2/c1-7-23-15(5)17(14(4)22-23)11-20-19(24)21-13(3)16-10-12(2)8-9-18(16)25-6/h8-10,13H,7,11H2,1-6H3,(H2,20,21,24)/t13-/m1/s1. The average molecular weight is 344 g/mol. The van der Waals surface area contributed by atoms with E-state index in [0.717, 1.165) is 40.4 Å². The zero-order chi connectivity index (χ0) is 18.6. The molecule has 25 heavy (non-hydrogen) atoms. The quantitative estimate of drug-likeness (QED) is 0.844. The first-order valence-electron chi connectivity index (χ1n) is 8.59. The van der Waals surface area contributed by atoms with Crippen LogP contribution in [0.4, 0.5) is 4.79 Å². The topological polar surface area (TPSA) is 68.2 Å². The summed E-state index contributed by atoms with van der Waals surface area (Å²) in [5.41, 5.74) is 5.20. The van der Waals surface area contributed by atoms with Crippen molar-refractivity contribution >= 4 is 6.03 Å². The zero-order valence-electron chi connectivity index (χ0n) is 15.9. The summed E-state index contributed by atoms with van der Waals surface area (Å²) in [6, 6.07) is 5.58. The summed E-state index contributed by atoms with van der Waals surface area (Å²) in [7, 11) is 1.64. The number of carbonyl (C=O) groups excluding carboxylic acids is 1. The number of rotatable bonds is 6. The van der Waals surface area contributed by atoms with Gasteiger partial charge in [-0.25, -0.2) is 4.79 Å². The van der Waals surface area contributed by atoms with E-state index in [4.69, 9.17) is 4.74 Å². The Morgan fingerprint density at radius 3 is 2.64 bits per heavy atom. The van der Waals surface area contributed by atoms with Crippen molar-refractivity contribution in [3.05, 3.63) is 46.3 Å². The third-order valence-corrected chi connectivity index (χ3v) is 4.46. The van der Waals surface area contributed by atoms with Crippen LogP contribution < -0.4 is 15.4 Å². The van der Waals surface area contributed by atoms with Gasteiger partial charge in [-0.15, -0.1) is 0 Å². The molecule has 1 aromatic carbocycles. The second kappa shape index (κ2) is 8.05. The van der Waals surface area contributed by atoms with Gasteiger partial charge in [0.05, 0.1) is 18.8 Å². The molecule has 2 aromatic rings. The van der Waals surface area contributed by atoms with Crippen LogP contribution >= 0.6 is 0 Å². The van der Waals surface area contributed by atoms with Gasteiger partial charge in [-0.2, -0.15) is 5.10 Å². The Labute approximate surface area is 149 Å². The second-order valence-electron chi connectivity index (χ2n) is 6.26. The number of benzene rings is 1. The van der Waals surface area contributed by atoms with Gasteiger partial charge in [-0.05, 0) is 40.7 Å². The fraction of sp³-hybridized carbons (Fsp3) is 0.474. The van der Waals surface area contributed by atoms with E-state index in [9.17, 15) is 4.79 Å². The minimum atomic E-state index is -0.209. The number of methoxy groups -OCH3 is 1. The Morgan fingerprint density at radius 2 is 2.04 bits per heavy atom. The van der Waals surface area contributed by atoms with Gasteiger partial charge >= 0.3 is 6.03 Å². The highest BCUT2D eigenvalue weighted by molar-refractivity contribution is 5.74. The Bertz CT molecular complexity index is 752. The van der Waals surface area contributed by atoms with Crippen molar-refractivity contribution in [3.8, 4) is 5.75 Å². The van der Waals surface area contributed by atoms with Crippen LogP contribution in [0.1, 0.15) is 48.0 Å². The molecule has 6 nitrogen and oxygen atoms in total. The first-order chi connectivity index (χ1) is 11.9. The predicted octanol–water partition coefficient (Wildman–Crippen LogP) is 3.40. The Balaban J connectivity index is 2.01. The number of ether oxygens (including phenoxy) is 1. The van der Waals surface area contributed by atoms with E-state index < -0.39 is 0 Å². The molecular weight excluding hydrogens is 316 g/mol. The molecular formula is C19H28N4O2. The Hall–Kier alpha value is -2.50. The fourth-order valence-corrected chi connectivity index (χ4v) is 2.98. The molecule has 1 aromatic heterocycles. The number of nitrogens with one attached hydrogen (secondary N) is 2. The summed E-state index contributed by atoms with van der Waals surface area (Å²) >= 11 is 0. The molecule has 0 aliphatic rings. The Morgan fingerprint density at radius 1 is 1.32 bits per heavy atom. The van der Waals surface area contributed by atoms with E-state index in [1.54, 1.807) is 7.11 Å². The van der Waals surface area contributed by atoms with Gasteiger partial charge in [0.15, 0.2) is 0 Å². The molecule has 2 N–H and O–H groups in total. The lowest BCUT2D eigenvalue weighted by atomic mass is 10.0. The van der Waals surface area contributed by atoms with Crippen LogP contribution in [-0.2, 0) is 13.1 Å².